The zero-order chi connectivity index (χ0) is 24.1. The van der Waals surface area contributed by atoms with E-state index in [1.54, 1.807) is 16.7 Å². The number of thioether (sulfide) groups is 1. The molecule has 1 saturated heterocycles. The molecule has 0 radical (unpaired) electrons. The van der Waals surface area contributed by atoms with Gasteiger partial charge in [-0.3, -0.25) is 9.59 Å². The SMILES string of the molecule is CSCCC(NC(=O)OCC1c2ccccc2-c2ccccc21)C(=O)N1CCC(C(=O)O)CC1. The van der Waals surface area contributed by atoms with Crippen LogP contribution in [0, 0.1) is 5.92 Å². The second-order valence-corrected chi connectivity index (χ2v) is 9.73. The van der Waals surface area contributed by atoms with Gasteiger partial charge in [0.2, 0.25) is 5.91 Å². The first-order valence-electron chi connectivity index (χ1n) is 11.6. The lowest BCUT2D eigenvalue weighted by atomic mass is 9.96. The molecular formula is C26H30N2O5S. The first-order chi connectivity index (χ1) is 16.5. The molecule has 1 unspecified atom stereocenters. The zero-order valence-electron chi connectivity index (χ0n) is 19.2. The van der Waals surface area contributed by atoms with Crippen molar-refractivity contribution in [1.29, 1.82) is 0 Å². The van der Waals surface area contributed by atoms with Crippen LogP contribution in [0.15, 0.2) is 48.5 Å². The summed E-state index contributed by atoms with van der Waals surface area (Å²) in [6, 6.07) is 15.6. The van der Waals surface area contributed by atoms with Crippen LogP contribution in [0.5, 0.6) is 0 Å². The summed E-state index contributed by atoms with van der Waals surface area (Å²) in [6.07, 6.45) is 2.69. The van der Waals surface area contributed by atoms with Gasteiger partial charge in [0.05, 0.1) is 5.92 Å². The fourth-order valence-electron chi connectivity index (χ4n) is 4.84. The Kier molecular flexibility index (Phi) is 7.77. The maximum Gasteiger partial charge on any atom is 0.407 e. The molecule has 2 amide bonds. The highest BCUT2D eigenvalue weighted by atomic mass is 32.2. The summed E-state index contributed by atoms with van der Waals surface area (Å²) in [7, 11) is 0. The molecule has 180 valence electrons. The number of hydrogen-bond acceptors (Lipinski definition) is 5. The fraction of sp³-hybridized carbons (Fsp3) is 0.423. The third kappa shape index (κ3) is 5.22. The number of nitrogens with one attached hydrogen (secondary N) is 1. The fourth-order valence-corrected chi connectivity index (χ4v) is 5.31. The summed E-state index contributed by atoms with van der Waals surface area (Å²) in [5.74, 6) is -0.738. The summed E-state index contributed by atoms with van der Waals surface area (Å²) in [5.41, 5.74) is 4.58. The number of carboxylic acids is 1. The van der Waals surface area contributed by atoms with E-state index in [4.69, 9.17) is 4.74 Å². The normalized spacial score (nSPS) is 16.4. The minimum atomic E-state index is -0.817. The van der Waals surface area contributed by atoms with Gasteiger partial charge in [-0.05, 0) is 53.5 Å². The van der Waals surface area contributed by atoms with Crippen molar-refractivity contribution in [1.82, 2.24) is 10.2 Å². The molecule has 0 bridgehead atoms. The number of alkyl carbamates (subject to hydrolysis) is 1. The van der Waals surface area contributed by atoms with E-state index < -0.39 is 24.0 Å². The standard InChI is InChI=1S/C26H30N2O5S/c1-34-15-12-23(24(29)28-13-10-17(11-14-28)25(30)31)27-26(32)33-16-22-20-8-4-2-6-18(20)19-7-3-5-9-21(19)22/h2-9,17,22-23H,10-16H2,1H3,(H,27,32)(H,30,31). The summed E-state index contributed by atoms with van der Waals surface area (Å²) < 4.78 is 5.63. The topological polar surface area (TPSA) is 95.9 Å². The molecule has 1 heterocycles. The number of fused-ring (bicyclic) bond motifs is 3. The van der Waals surface area contributed by atoms with Crippen LogP contribution in [0.4, 0.5) is 4.79 Å². The largest absolute Gasteiger partial charge is 0.481 e. The Morgan fingerprint density at radius 2 is 1.65 bits per heavy atom. The second-order valence-electron chi connectivity index (χ2n) is 8.74. The third-order valence-corrected chi connectivity index (χ3v) is 7.34. The number of carbonyl (C=O) groups excluding carboxylic acids is 2. The molecule has 2 aromatic rings. The number of amides is 2. The Morgan fingerprint density at radius 3 is 2.21 bits per heavy atom. The maximum atomic E-state index is 13.1. The zero-order valence-corrected chi connectivity index (χ0v) is 20.1. The number of ether oxygens (including phenoxy) is 1. The van der Waals surface area contributed by atoms with Crippen LogP contribution in [0.1, 0.15) is 36.3 Å². The van der Waals surface area contributed by atoms with Gasteiger partial charge in [0, 0.05) is 19.0 Å². The van der Waals surface area contributed by atoms with Gasteiger partial charge in [-0.25, -0.2) is 4.79 Å². The highest BCUT2D eigenvalue weighted by Crippen LogP contribution is 2.44. The predicted molar refractivity (Wildman–Crippen MR) is 132 cm³/mol. The quantitative estimate of drug-likeness (QED) is 0.591. The van der Waals surface area contributed by atoms with Crippen LogP contribution in [0.2, 0.25) is 0 Å². The lowest BCUT2D eigenvalue weighted by Gasteiger charge is -2.33. The molecule has 7 nitrogen and oxygen atoms in total. The Morgan fingerprint density at radius 1 is 1.06 bits per heavy atom. The number of rotatable bonds is 8. The number of nitrogens with zero attached hydrogens (tertiary/aromatic N) is 1. The molecule has 2 aromatic carbocycles. The highest BCUT2D eigenvalue weighted by Gasteiger charge is 2.33. The van der Waals surface area contributed by atoms with Crippen molar-refractivity contribution in [2.24, 2.45) is 5.92 Å². The maximum absolute atomic E-state index is 13.1. The molecule has 1 atom stereocenters. The molecule has 2 N–H and O–H groups in total. The van der Waals surface area contributed by atoms with Crippen LogP contribution in [0.3, 0.4) is 0 Å². The first kappa shape index (κ1) is 24.1. The monoisotopic (exact) mass is 482 g/mol. The van der Waals surface area contributed by atoms with Gasteiger partial charge < -0.3 is 20.1 Å². The van der Waals surface area contributed by atoms with Crippen LogP contribution < -0.4 is 5.32 Å². The number of likely N-dealkylation sites (tertiary alicyclic amines) is 1. The van der Waals surface area contributed by atoms with Crippen LogP contribution >= 0.6 is 11.8 Å². The van der Waals surface area contributed by atoms with E-state index in [-0.39, 0.29) is 18.4 Å². The van der Waals surface area contributed by atoms with Crippen molar-refractivity contribution in [2.45, 2.75) is 31.2 Å². The summed E-state index contributed by atoms with van der Waals surface area (Å²) in [6.45, 7) is 0.961. The molecular weight excluding hydrogens is 452 g/mol. The second kappa shape index (κ2) is 11.0. The molecule has 4 rings (SSSR count). The summed E-state index contributed by atoms with van der Waals surface area (Å²) in [4.78, 5) is 38.7. The van der Waals surface area contributed by atoms with Crippen molar-refractivity contribution >= 4 is 29.7 Å². The summed E-state index contributed by atoms with van der Waals surface area (Å²) in [5, 5.41) is 12.0. The van der Waals surface area contributed by atoms with Crippen molar-refractivity contribution in [3.8, 4) is 11.1 Å². The van der Waals surface area contributed by atoms with E-state index in [9.17, 15) is 19.5 Å². The van der Waals surface area contributed by atoms with Crippen molar-refractivity contribution in [3.05, 3.63) is 59.7 Å². The van der Waals surface area contributed by atoms with E-state index in [1.165, 1.54) is 0 Å². The number of carbonyl (C=O) groups is 3. The number of aliphatic carboxylic acids is 1. The van der Waals surface area contributed by atoms with Gasteiger partial charge in [0.1, 0.15) is 12.6 Å². The molecule has 0 aromatic heterocycles. The third-order valence-electron chi connectivity index (χ3n) is 6.70. The van der Waals surface area contributed by atoms with Crippen molar-refractivity contribution < 1.29 is 24.2 Å². The Balaban J connectivity index is 1.38. The minimum absolute atomic E-state index is 0.0476. The average Bonchev–Trinajstić information content (AvgIpc) is 3.18. The molecule has 1 fully saturated rings. The van der Waals surface area contributed by atoms with Crippen LogP contribution in [-0.2, 0) is 14.3 Å². The number of carboxylic acid groups (broad SMARTS) is 1. The van der Waals surface area contributed by atoms with Gasteiger partial charge in [0.25, 0.3) is 0 Å². The smallest absolute Gasteiger partial charge is 0.407 e. The van der Waals surface area contributed by atoms with Gasteiger partial charge in [-0.15, -0.1) is 0 Å². The van der Waals surface area contributed by atoms with E-state index >= 15 is 0 Å². The predicted octanol–water partition coefficient (Wildman–Crippen LogP) is 3.97. The van der Waals surface area contributed by atoms with E-state index in [1.807, 2.05) is 30.5 Å². The van der Waals surface area contributed by atoms with Gasteiger partial charge in [0.15, 0.2) is 0 Å². The molecule has 34 heavy (non-hydrogen) atoms. The highest BCUT2D eigenvalue weighted by molar-refractivity contribution is 7.98. The Bertz CT molecular complexity index is 1010. The molecule has 1 aliphatic heterocycles. The number of benzene rings is 2. The molecule has 0 saturated carbocycles. The molecule has 0 spiro atoms. The Labute approximate surface area is 203 Å². The Hall–Kier alpha value is -3.00. The van der Waals surface area contributed by atoms with E-state index in [0.717, 1.165) is 22.3 Å². The van der Waals surface area contributed by atoms with Gasteiger partial charge in [-0.1, -0.05) is 48.5 Å². The van der Waals surface area contributed by atoms with Gasteiger partial charge >= 0.3 is 12.1 Å². The first-order valence-corrected chi connectivity index (χ1v) is 13.0. The van der Waals surface area contributed by atoms with Crippen LogP contribution in [-0.4, -0.2) is 65.7 Å². The van der Waals surface area contributed by atoms with Crippen molar-refractivity contribution in [3.63, 3.8) is 0 Å². The molecule has 1 aliphatic carbocycles. The van der Waals surface area contributed by atoms with E-state index in [2.05, 4.69) is 29.6 Å². The number of piperidine rings is 1. The minimum Gasteiger partial charge on any atom is -0.481 e. The lowest BCUT2D eigenvalue weighted by molar-refractivity contribution is -0.146. The lowest BCUT2D eigenvalue weighted by Crippen LogP contribution is -2.51. The average molecular weight is 483 g/mol. The molecule has 8 heteroatoms. The number of hydrogen-bond donors (Lipinski definition) is 2. The van der Waals surface area contributed by atoms with Crippen LogP contribution in [0.25, 0.3) is 11.1 Å². The van der Waals surface area contributed by atoms with E-state index in [0.29, 0.717) is 38.1 Å². The van der Waals surface area contributed by atoms with Gasteiger partial charge in [-0.2, -0.15) is 11.8 Å². The summed E-state index contributed by atoms with van der Waals surface area (Å²) >= 11 is 1.60. The molecule has 2 aliphatic rings. The van der Waals surface area contributed by atoms with Crippen molar-refractivity contribution in [2.75, 3.05) is 31.7 Å².